The van der Waals surface area contributed by atoms with Crippen LogP contribution < -0.4 is 5.23 Å². The molecule has 3 rings (SSSR count). The van der Waals surface area contributed by atoms with E-state index in [-0.39, 0.29) is 43.6 Å². The molecule has 0 saturated carbocycles. The SMILES string of the molecule is O=C1c2ccccc2C(=O)c2cc(N(OCCO)OCCO)ccc21. The number of hydrogen-bond acceptors (Lipinski definition) is 7. The van der Waals surface area contributed by atoms with Gasteiger partial charge in [-0.2, -0.15) is 0 Å². The highest BCUT2D eigenvalue weighted by Gasteiger charge is 2.30. The highest BCUT2D eigenvalue weighted by Crippen LogP contribution is 2.30. The zero-order valence-electron chi connectivity index (χ0n) is 13.3. The minimum atomic E-state index is -0.253. The van der Waals surface area contributed by atoms with Gasteiger partial charge in [-0.15, -0.1) is 5.23 Å². The topological polar surface area (TPSA) is 96.3 Å². The third-order valence-electron chi connectivity index (χ3n) is 3.72. The van der Waals surface area contributed by atoms with Crippen molar-refractivity contribution in [2.24, 2.45) is 0 Å². The number of anilines is 1. The molecule has 7 heteroatoms. The Labute approximate surface area is 143 Å². The number of benzene rings is 2. The maximum atomic E-state index is 12.7. The molecule has 1 aliphatic carbocycles. The van der Waals surface area contributed by atoms with E-state index in [1.54, 1.807) is 36.4 Å². The summed E-state index contributed by atoms with van der Waals surface area (Å²) in [5, 5.41) is 18.8. The van der Waals surface area contributed by atoms with Gasteiger partial charge in [0.25, 0.3) is 0 Å². The molecule has 0 saturated heterocycles. The lowest BCUT2D eigenvalue weighted by molar-refractivity contribution is -0.103. The molecule has 0 radical (unpaired) electrons. The van der Waals surface area contributed by atoms with Crippen LogP contribution in [-0.2, 0) is 9.68 Å². The van der Waals surface area contributed by atoms with E-state index in [1.807, 2.05) is 0 Å². The first-order valence-electron chi connectivity index (χ1n) is 7.77. The molecule has 0 bridgehead atoms. The first kappa shape index (κ1) is 17.2. The molecule has 2 aromatic rings. The predicted molar refractivity (Wildman–Crippen MR) is 88.3 cm³/mol. The monoisotopic (exact) mass is 343 g/mol. The molecule has 7 nitrogen and oxygen atoms in total. The lowest BCUT2D eigenvalue weighted by Gasteiger charge is -2.24. The van der Waals surface area contributed by atoms with Crippen LogP contribution in [0.3, 0.4) is 0 Å². The number of rotatable bonds is 7. The molecule has 0 aromatic heterocycles. The molecule has 0 heterocycles. The maximum absolute atomic E-state index is 12.7. The zero-order chi connectivity index (χ0) is 17.8. The van der Waals surface area contributed by atoms with E-state index in [0.717, 1.165) is 5.23 Å². The fourth-order valence-corrected chi connectivity index (χ4v) is 2.63. The van der Waals surface area contributed by atoms with Crippen molar-refractivity contribution in [1.82, 2.24) is 0 Å². The van der Waals surface area contributed by atoms with E-state index < -0.39 is 0 Å². The van der Waals surface area contributed by atoms with Gasteiger partial charge in [-0.1, -0.05) is 24.3 Å². The van der Waals surface area contributed by atoms with E-state index in [9.17, 15) is 9.59 Å². The highest BCUT2D eigenvalue weighted by atomic mass is 16.9. The van der Waals surface area contributed by atoms with Gasteiger partial charge in [-0.05, 0) is 18.2 Å². The van der Waals surface area contributed by atoms with Gasteiger partial charge in [0, 0.05) is 22.3 Å². The maximum Gasteiger partial charge on any atom is 0.194 e. The van der Waals surface area contributed by atoms with Gasteiger partial charge < -0.3 is 10.2 Å². The summed E-state index contributed by atoms with van der Waals surface area (Å²) in [4.78, 5) is 35.8. The molecule has 2 N–H and O–H groups in total. The second-order valence-corrected chi connectivity index (χ2v) is 5.30. The standard InChI is InChI=1S/C18H17NO6/c20-7-9-24-19(25-10-8-21)12-5-6-15-16(11-12)18(23)14-4-2-1-3-13(14)17(15)22/h1-6,11,20-21H,7-10H2. The van der Waals surface area contributed by atoms with Crippen LogP contribution in [0.15, 0.2) is 42.5 Å². The Morgan fingerprint density at radius 2 is 1.28 bits per heavy atom. The minimum Gasteiger partial charge on any atom is -0.394 e. The second kappa shape index (κ2) is 7.54. The van der Waals surface area contributed by atoms with Gasteiger partial charge in [0.2, 0.25) is 0 Å². The van der Waals surface area contributed by atoms with Crippen molar-refractivity contribution in [2.45, 2.75) is 0 Å². The van der Waals surface area contributed by atoms with E-state index in [0.29, 0.717) is 22.4 Å². The molecular formula is C18H17NO6. The van der Waals surface area contributed by atoms with E-state index in [4.69, 9.17) is 19.9 Å². The van der Waals surface area contributed by atoms with Crippen LogP contribution in [0.2, 0.25) is 0 Å². The molecule has 0 spiro atoms. The number of fused-ring (bicyclic) bond motifs is 2. The third kappa shape index (κ3) is 3.31. The van der Waals surface area contributed by atoms with Gasteiger partial charge >= 0.3 is 0 Å². The van der Waals surface area contributed by atoms with Crippen molar-refractivity contribution < 1.29 is 29.5 Å². The first-order chi connectivity index (χ1) is 12.2. The van der Waals surface area contributed by atoms with E-state index in [2.05, 4.69) is 0 Å². The number of ketones is 2. The third-order valence-corrected chi connectivity index (χ3v) is 3.72. The minimum absolute atomic E-state index is 0.0295. The average Bonchev–Trinajstić information content (AvgIpc) is 2.66. The number of nitrogens with zero attached hydrogens (tertiary/aromatic N) is 1. The Balaban J connectivity index is 1.98. The van der Waals surface area contributed by atoms with Gasteiger partial charge in [-0.25, -0.2) is 9.68 Å². The fraction of sp³-hybridized carbons (Fsp3) is 0.222. The van der Waals surface area contributed by atoms with Crippen molar-refractivity contribution in [2.75, 3.05) is 31.7 Å². The Morgan fingerprint density at radius 1 is 0.760 bits per heavy atom. The first-order valence-corrected chi connectivity index (χ1v) is 7.77. The number of hydrogen-bond donors (Lipinski definition) is 2. The Hall–Kier alpha value is -2.58. The number of carbonyl (C=O) groups is 2. The predicted octanol–water partition coefficient (Wildman–Crippen LogP) is 1.12. The lowest BCUT2D eigenvalue weighted by atomic mass is 9.84. The Morgan fingerprint density at radius 3 is 1.84 bits per heavy atom. The molecule has 0 fully saturated rings. The van der Waals surface area contributed by atoms with Crippen LogP contribution in [0.25, 0.3) is 0 Å². The molecule has 0 amide bonds. The Kier molecular flexibility index (Phi) is 5.20. The van der Waals surface area contributed by atoms with Crippen LogP contribution in [0.4, 0.5) is 5.69 Å². The van der Waals surface area contributed by atoms with Gasteiger partial charge in [0.15, 0.2) is 11.6 Å². The molecule has 0 unspecified atom stereocenters. The van der Waals surface area contributed by atoms with Crippen molar-refractivity contribution in [3.05, 3.63) is 64.7 Å². The van der Waals surface area contributed by atoms with E-state index >= 15 is 0 Å². The van der Waals surface area contributed by atoms with Crippen molar-refractivity contribution >= 4 is 17.3 Å². The highest BCUT2D eigenvalue weighted by molar-refractivity contribution is 6.28. The summed E-state index contributed by atoms with van der Waals surface area (Å²) < 4.78 is 0. The number of aliphatic hydroxyl groups excluding tert-OH is 2. The normalized spacial score (nSPS) is 12.7. The molecular weight excluding hydrogens is 326 g/mol. The summed E-state index contributed by atoms with van der Waals surface area (Å²) in [6.45, 7) is -0.514. The molecule has 2 aromatic carbocycles. The molecule has 130 valence electrons. The van der Waals surface area contributed by atoms with Crippen LogP contribution >= 0.6 is 0 Å². The van der Waals surface area contributed by atoms with Crippen molar-refractivity contribution in [3.63, 3.8) is 0 Å². The summed E-state index contributed by atoms with van der Waals surface area (Å²) in [6.07, 6.45) is 0. The van der Waals surface area contributed by atoms with Gasteiger partial charge in [-0.3, -0.25) is 9.59 Å². The quantitative estimate of drug-likeness (QED) is 0.621. The van der Waals surface area contributed by atoms with E-state index in [1.165, 1.54) is 6.07 Å². The largest absolute Gasteiger partial charge is 0.394 e. The Bertz CT molecular complexity index is 796. The van der Waals surface area contributed by atoms with Crippen LogP contribution in [0, 0.1) is 0 Å². The molecule has 0 atom stereocenters. The van der Waals surface area contributed by atoms with Gasteiger partial charge in [0.05, 0.1) is 18.9 Å². The van der Waals surface area contributed by atoms with Crippen LogP contribution in [-0.4, -0.2) is 48.2 Å². The summed E-state index contributed by atoms with van der Waals surface area (Å²) in [5.41, 5.74) is 1.69. The van der Waals surface area contributed by atoms with Crippen molar-refractivity contribution in [3.8, 4) is 0 Å². The average molecular weight is 343 g/mol. The summed E-state index contributed by atoms with van der Waals surface area (Å²) >= 11 is 0. The van der Waals surface area contributed by atoms with Crippen molar-refractivity contribution in [1.29, 1.82) is 0 Å². The second-order valence-electron chi connectivity index (χ2n) is 5.30. The summed E-state index contributed by atoms with van der Waals surface area (Å²) in [7, 11) is 0. The smallest absolute Gasteiger partial charge is 0.194 e. The molecule has 1 aliphatic rings. The molecule has 0 aliphatic heterocycles. The number of aliphatic hydroxyl groups is 2. The van der Waals surface area contributed by atoms with Crippen LogP contribution in [0.1, 0.15) is 31.8 Å². The van der Waals surface area contributed by atoms with Gasteiger partial charge in [0.1, 0.15) is 13.2 Å². The molecule has 25 heavy (non-hydrogen) atoms. The lowest BCUT2D eigenvalue weighted by Crippen LogP contribution is -2.28. The zero-order valence-corrected chi connectivity index (χ0v) is 13.3. The summed E-state index contributed by atoms with van der Waals surface area (Å²) in [5.74, 6) is -0.466. The fourth-order valence-electron chi connectivity index (χ4n) is 2.63. The van der Waals surface area contributed by atoms with Crippen LogP contribution in [0.5, 0.6) is 0 Å². The number of carbonyl (C=O) groups excluding carboxylic acids is 2. The summed E-state index contributed by atoms with van der Waals surface area (Å²) in [6, 6.07) is 11.3.